The van der Waals surface area contributed by atoms with Gasteiger partial charge in [-0.15, -0.1) is 0 Å². The summed E-state index contributed by atoms with van der Waals surface area (Å²) in [5, 5.41) is 5.46. The van der Waals surface area contributed by atoms with Crippen LogP contribution in [0.4, 0.5) is 13.2 Å². The van der Waals surface area contributed by atoms with Gasteiger partial charge in [0.25, 0.3) is 0 Å². The van der Waals surface area contributed by atoms with Gasteiger partial charge in [-0.1, -0.05) is 0 Å². The molecule has 0 radical (unpaired) electrons. The van der Waals surface area contributed by atoms with Crippen molar-refractivity contribution >= 4 is 5.91 Å². The summed E-state index contributed by atoms with van der Waals surface area (Å²) in [6.45, 7) is 1.90. The highest BCUT2D eigenvalue weighted by atomic mass is 19.4. The molecule has 6 heteroatoms. The average Bonchev–Trinajstić information content (AvgIpc) is 2.45. The molecular weight excluding hydrogens is 209 g/mol. The minimum absolute atomic E-state index is 0.0202. The first-order valence-corrected chi connectivity index (χ1v) is 4.96. The molecule has 1 amide bonds. The maximum absolute atomic E-state index is 12.0. The Balaban J connectivity index is 2.17. The fourth-order valence-corrected chi connectivity index (χ4v) is 1.59. The molecule has 0 saturated carbocycles. The quantitative estimate of drug-likeness (QED) is 0.753. The highest BCUT2D eigenvalue weighted by Crippen LogP contribution is 2.21. The number of rotatable bonds is 4. The Morgan fingerprint density at radius 2 is 2.27 bits per heavy atom. The molecule has 1 saturated heterocycles. The molecule has 2 N–H and O–H groups in total. The van der Waals surface area contributed by atoms with Gasteiger partial charge in [0.1, 0.15) is 0 Å². The molecule has 1 heterocycles. The smallest absolute Gasteiger partial charge is 0.352 e. The van der Waals surface area contributed by atoms with Crippen LogP contribution < -0.4 is 10.6 Å². The van der Waals surface area contributed by atoms with Crippen molar-refractivity contribution in [2.75, 3.05) is 6.54 Å². The third kappa shape index (κ3) is 5.01. The summed E-state index contributed by atoms with van der Waals surface area (Å²) in [5.41, 5.74) is 0. The molecule has 0 aromatic carbocycles. The van der Waals surface area contributed by atoms with Crippen LogP contribution in [-0.2, 0) is 4.79 Å². The fourth-order valence-electron chi connectivity index (χ4n) is 1.59. The largest absolute Gasteiger partial charge is 0.390 e. The van der Waals surface area contributed by atoms with E-state index in [1.165, 1.54) is 6.92 Å². The topological polar surface area (TPSA) is 41.1 Å². The minimum atomic E-state index is -4.13. The first-order valence-electron chi connectivity index (χ1n) is 4.96. The zero-order valence-electron chi connectivity index (χ0n) is 8.53. The van der Waals surface area contributed by atoms with Gasteiger partial charge in [-0.05, 0) is 13.3 Å². The van der Waals surface area contributed by atoms with E-state index in [9.17, 15) is 18.0 Å². The van der Waals surface area contributed by atoms with Crippen LogP contribution in [-0.4, -0.2) is 30.7 Å². The lowest BCUT2D eigenvalue weighted by molar-refractivity contribution is -0.139. The van der Waals surface area contributed by atoms with Crippen molar-refractivity contribution in [1.29, 1.82) is 0 Å². The maximum atomic E-state index is 12.0. The average molecular weight is 224 g/mol. The molecule has 0 bridgehead atoms. The Kier molecular flexibility index (Phi) is 3.96. The van der Waals surface area contributed by atoms with E-state index >= 15 is 0 Å². The number of hydrogen-bond acceptors (Lipinski definition) is 2. The molecule has 3 nitrogen and oxygen atoms in total. The summed E-state index contributed by atoms with van der Waals surface area (Å²) < 4.78 is 35.9. The Labute approximate surface area is 86.4 Å². The monoisotopic (exact) mass is 224 g/mol. The molecule has 1 rings (SSSR count). The lowest BCUT2D eigenvalue weighted by Crippen LogP contribution is -2.40. The number of alkyl halides is 3. The SMILES string of the molecule is CC(CC(F)(F)F)NCC1CCC(=O)N1. The van der Waals surface area contributed by atoms with Crippen molar-refractivity contribution < 1.29 is 18.0 Å². The summed E-state index contributed by atoms with van der Waals surface area (Å²) in [6.07, 6.45) is -3.80. The predicted molar refractivity (Wildman–Crippen MR) is 49.3 cm³/mol. The molecular formula is C9H15F3N2O. The van der Waals surface area contributed by atoms with Crippen LogP contribution in [0.15, 0.2) is 0 Å². The number of amides is 1. The number of hydrogen-bond donors (Lipinski definition) is 2. The summed E-state index contributed by atoms with van der Waals surface area (Å²) in [4.78, 5) is 10.8. The lowest BCUT2D eigenvalue weighted by Gasteiger charge is -2.18. The van der Waals surface area contributed by atoms with E-state index in [-0.39, 0.29) is 11.9 Å². The minimum Gasteiger partial charge on any atom is -0.352 e. The van der Waals surface area contributed by atoms with Crippen LogP contribution in [0.2, 0.25) is 0 Å². The van der Waals surface area contributed by atoms with Gasteiger partial charge in [0, 0.05) is 25.0 Å². The Morgan fingerprint density at radius 3 is 2.73 bits per heavy atom. The van der Waals surface area contributed by atoms with Gasteiger partial charge in [0.15, 0.2) is 0 Å². The molecule has 1 aliphatic rings. The molecule has 15 heavy (non-hydrogen) atoms. The molecule has 88 valence electrons. The maximum Gasteiger partial charge on any atom is 0.390 e. The fraction of sp³-hybridized carbons (Fsp3) is 0.889. The van der Waals surface area contributed by atoms with E-state index < -0.39 is 18.6 Å². The summed E-state index contributed by atoms with van der Waals surface area (Å²) in [6, 6.07) is -0.629. The van der Waals surface area contributed by atoms with Crippen LogP contribution in [0.1, 0.15) is 26.2 Å². The third-order valence-corrected chi connectivity index (χ3v) is 2.34. The van der Waals surface area contributed by atoms with E-state index in [0.29, 0.717) is 19.4 Å². The first kappa shape index (κ1) is 12.3. The van der Waals surface area contributed by atoms with Crippen molar-refractivity contribution in [2.45, 2.75) is 44.4 Å². The molecule has 2 unspecified atom stereocenters. The van der Waals surface area contributed by atoms with Gasteiger partial charge in [0.05, 0.1) is 6.42 Å². The lowest BCUT2D eigenvalue weighted by atomic mass is 10.2. The second-order valence-corrected chi connectivity index (χ2v) is 3.93. The first-order chi connectivity index (χ1) is 6.87. The van der Waals surface area contributed by atoms with E-state index in [1.54, 1.807) is 0 Å². The standard InChI is InChI=1S/C9H15F3N2O/c1-6(4-9(10,11)12)13-5-7-2-3-8(15)14-7/h6-7,13H,2-5H2,1H3,(H,14,15). The van der Waals surface area contributed by atoms with Gasteiger partial charge >= 0.3 is 6.18 Å². The Hall–Kier alpha value is -0.780. The number of nitrogens with one attached hydrogen (secondary N) is 2. The second kappa shape index (κ2) is 4.83. The van der Waals surface area contributed by atoms with E-state index in [4.69, 9.17) is 0 Å². The van der Waals surface area contributed by atoms with Crippen LogP contribution >= 0.6 is 0 Å². The van der Waals surface area contributed by atoms with Crippen molar-refractivity contribution in [3.8, 4) is 0 Å². The normalized spacial score (nSPS) is 24.0. The van der Waals surface area contributed by atoms with Crippen LogP contribution in [0.25, 0.3) is 0 Å². The molecule has 1 fully saturated rings. The van der Waals surface area contributed by atoms with Crippen LogP contribution in [0, 0.1) is 0 Å². The van der Waals surface area contributed by atoms with Gasteiger partial charge in [-0.3, -0.25) is 4.79 Å². The summed E-state index contributed by atoms with van der Waals surface area (Å²) >= 11 is 0. The zero-order valence-corrected chi connectivity index (χ0v) is 8.53. The van der Waals surface area contributed by atoms with Gasteiger partial charge in [-0.2, -0.15) is 13.2 Å². The summed E-state index contributed by atoms with van der Waals surface area (Å²) in [5.74, 6) is -0.0229. The van der Waals surface area contributed by atoms with Crippen molar-refractivity contribution in [3.05, 3.63) is 0 Å². The highest BCUT2D eigenvalue weighted by Gasteiger charge is 2.30. The van der Waals surface area contributed by atoms with Crippen molar-refractivity contribution in [2.24, 2.45) is 0 Å². The highest BCUT2D eigenvalue weighted by molar-refractivity contribution is 5.78. The summed E-state index contributed by atoms with van der Waals surface area (Å²) in [7, 11) is 0. The molecule has 0 spiro atoms. The number of carbonyl (C=O) groups excluding carboxylic acids is 1. The number of halogens is 3. The second-order valence-electron chi connectivity index (χ2n) is 3.93. The van der Waals surface area contributed by atoms with Crippen molar-refractivity contribution in [1.82, 2.24) is 10.6 Å². The van der Waals surface area contributed by atoms with E-state index in [1.807, 2.05) is 0 Å². The predicted octanol–water partition coefficient (Wildman–Crippen LogP) is 1.20. The molecule has 0 aliphatic carbocycles. The third-order valence-electron chi connectivity index (χ3n) is 2.34. The van der Waals surface area contributed by atoms with Gasteiger partial charge in [-0.25, -0.2) is 0 Å². The number of carbonyl (C=O) groups is 1. The van der Waals surface area contributed by atoms with E-state index in [2.05, 4.69) is 10.6 Å². The van der Waals surface area contributed by atoms with Crippen LogP contribution in [0.3, 0.4) is 0 Å². The molecule has 1 aliphatic heterocycles. The van der Waals surface area contributed by atoms with Gasteiger partial charge in [0.2, 0.25) is 5.91 Å². The molecule has 2 atom stereocenters. The zero-order chi connectivity index (χ0) is 11.5. The molecule has 0 aromatic heterocycles. The van der Waals surface area contributed by atoms with Gasteiger partial charge < -0.3 is 10.6 Å². The molecule has 0 aromatic rings. The van der Waals surface area contributed by atoms with Crippen LogP contribution in [0.5, 0.6) is 0 Å². The Bertz CT molecular complexity index is 230. The van der Waals surface area contributed by atoms with E-state index in [0.717, 1.165) is 0 Å². The van der Waals surface area contributed by atoms with Crippen molar-refractivity contribution in [3.63, 3.8) is 0 Å². The Morgan fingerprint density at radius 1 is 1.60 bits per heavy atom.